The SMILES string of the molecule is CCO[SiH](OCC)C(Cl)CC(C)Cl. The highest BCUT2D eigenvalue weighted by molar-refractivity contribution is 6.59. The summed E-state index contributed by atoms with van der Waals surface area (Å²) in [7, 11) is -1.70. The molecule has 0 saturated carbocycles. The number of halogens is 2. The highest BCUT2D eigenvalue weighted by atomic mass is 35.5. The van der Waals surface area contributed by atoms with Gasteiger partial charge >= 0.3 is 9.28 Å². The van der Waals surface area contributed by atoms with Gasteiger partial charge in [-0.25, -0.2) is 0 Å². The maximum atomic E-state index is 6.13. The first-order valence-electron chi connectivity index (χ1n) is 4.63. The van der Waals surface area contributed by atoms with Crippen LogP contribution in [0.4, 0.5) is 0 Å². The molecule has 0 fully saturated rings. The van der Waals surface area contributed by atoms with Crippen LogP contribution in [0.2, 0.25) is 0 Å². The topological polar surface area (TPSA) is 18.5 Å². The Hall–Kier alpha value is 0.717. The Balaban J connectivity index is 3.86. The molecular formula is C8H18Cl2O2Si. The highest BCUT2D eigenvalue weighted by Crippen LogP contribution is 2.14. The second kappa shape index (κ2) is 8.06. The molecule has 13 heavy (non-hydrogen) atoms. The first kappa shape index (κ1) is 13.7. The second-order valence-electron chi connectivity index (χ2n) is 2.81. The van der Waals surface area contributed by atoms with Crippen molar-refractivity contribution >= 4 is 32.5 Å². The lowest BCUT2D eigenvalue weighted by Gasteiger charge is -2.20. The first-order valence-corrected chi connectivity index (χ1v) is 7.11. The summed E-state index contributed by atoms with van der Waals surface area (Å²) in [4.78, 5) is 0. The van der Waals surface area contributed by atoms with Crippen LogP contribution < -0.4 is 0 Å². The van der Waals surface area contributed by atoms with Crippen molar-refractivity contribution in [2.75, 3.05) is 13.2 Å². The van der Waals surface area contributed by atoms with Gasteiger partial charge in [-0.2, -0.15) is 0 Å². The first-order chi connectivity index (χ1) is 6.11. The van der Waals surface area contributed by atoms with Crippen LogP contribution >= 0.6 is 23.2 Å². The Labute approximate surface area is 92.4 Å². The van der Waals surface area contributed by atoms with E-state index in [-0.39, 0.29) is 10.4 Å². The van der Waals surface area contributed by atoms with Crippen molar-refractivity contribution < 1.29 is 8.85 Å². The summed E-state index contributed by atoms with van der Waals surface area (Å²) in [5.41, 5.74) is 0. The molecule has 0 aromatic carbocycles. The lowest BCUT2D eigenvalue weighted by Crippen LogP contribution is -2.35. The molecule has 0 aliphatic carbocycles. The fourth-order valence-electron chi connectivity index (χ4n) is 1.01. The summed E-state index contributed by atoms with van der Waals surface area (Å²) in [6, 6.07) is 0. The second-order valence-corrected chi connectivity index (χ2v) is 6.75. The minimum absolute atomic E-state index is 0.0348. The zero-order valence-electron chi connectivity index (χ0n) is 8.43. The van der Waals surface area contributed by atoms with Gasteiger partial charge in [-0.3, -0.25) is 0 Å². The fraction of sp³-hybridized carbons (Fsp3) is 1.00. The van der Waals surface area contributed by atoms with Crippen LogP contribution in [0.25, 0.3) is 0 Å². The molecule has 0 radical (unpaired) electrons. The van der Waals surface area contributed by atoms with Crippen molar-refractivity contribution in [2.24, 2.45) is 0 Å². The van der Waals surface area contributed by atoms with E-state index in [1.807, 2.05) is 20.8 Å². The van der Waals surface area contributed by atoms with Gasteiger partial charge in [-0.05, 0) is 27.2 Å². The van der Waals surface area contributed by atoms with Crippen molar-refractivity contribution in [3.63, 3.8) is 0 Å². The van der Waals surface area contributed by atoms with Crippen LogP contribution in [-0.4, -0.2) is 32.9 Å². The maximum Gasteiger partial charge on any atom is 0.339 e. The monoisotopic (exact) mass is 244 g/mol. The average molecular weight is 245 g/mol. The molecule has 0 amide bonds. The lowest BCUT2D eigenvalue weighted by molar-refractivity contribution is 0.210. The van der Waals surface area contributed by atoms with Gasteiger partial charge in [0, 0.05) is 18.6 Å². The molecule has 5 heteroatoms. The minimum atomic E-state index is -1.70. The zero-order chi connectivity index (χ0) is 10.3. The zero-order valence-corrected chi connectivity index (χ0v) is 11.1. The summed E-state index contributed by atoms with van der Waals surface area (Å²) < 4.78 is 10.9. The minimum Gasteiger partial charge on any atom is -0.396 e. The van der Waals surface area contributed by atoms with E-state index in [0.29, 0.717) is 13.2 Å². The van der Waals surface area contributed by atoms with E-state index in [1.165, 1.54) is 0 Å². The van der Waals surface area contributed by atoms with Gasteiger partial charge in [0.2, 0.25) is 0 Å². The van der Waals surface area contributed by atoms with E-state index in [1.54, 1.807) is 0 Å². The molecule has 0 aliphatic heterocycles. The van der Waals surface area contributed by atoms with Crippen molar-refractivity contribution in [1.29, 1.82) is 0 Å². The predicted octanol–water partition coefficient (Wildman–Crippen LogP) is 2.44. The van der Waals surface area contributed by atoms with Gasteiger partial charge in [0.05, 0.1) is 5.00 Å². The van der Waals surface area contributed by atoms with E-state index in [0.717, 1.165) is 6.42 Å². The molecule has 0 spiro atoms. The molecule has 0 N–H and O–H groups in total. The van der Waals surface area contributed by atoms with E-state index < -0.39 is 9.28 Å². The molecule has 0 aliphatic rings. The molecule has 80 valence electrons. The van der Waals surface area contributed by atoms with Crippen molar-refractivity contribution in [3.05, 3.63) is 0 Å². The van der Waals surface area contributed by atoms with Crippen molar-refractivity contribution in [1.82, 2.24) is 0 Å². The fourth-order valence-corrected chi connectivity index (χ4v) is 3.97. The summed E-state index contributed by atoms with van der Waals surface area (Å²) in [5, 5.41) is 0.0470. The summed E-state index contributed by atoms with van der Waals surface area (Å²) in [6.45, 7) is 7.16. The smallest absolute Gasteiger partial charge is 0.339 e. The highest BCUT2D eigenvalue weighted by Gasteiger charge is 2.24. The molecular weight excluding hydrogens is 227 g/mol. The van der Waals surface area contributed by atoms with Crippen LogP contribution in [0.3, 0.4) is 0 Å². The normalized spacial score (nSPS) is 16.2. The third-order valence-corrected chi connectivity index (χ3v) is 4.67. The number of alkyl halides is 2. The Morgan fingerprint density at radius 1 is 1.15 bits per heavy atom. The third kappa shape index (κ3) is 6.74. The molecule has 0 bridgehead atoms. The van der Waals surface area contributed by atoms with E-state index >= 15 is 0 Å². The van der Waals surface area contributed by atoms with Gasteiger partial charge in [0.25, 0.3) is 0 Å². The lowest BCUT2D eigenvalue weighted by atomic mass is 10.4. The Morgan fingerprint density at radius 2 is 1.62 bits per heavy atom. The van der Waals surface area contributed by atoms with E-state index in [2.05, 4.69) is 0 Å². The molecule has 2 atom stereocenters. The molecule has 0 aromatic rings. The number of rotatable bonds is 7. The van der Waals surface area contributed by atoms with Crippen molar-refractivity contribution in [3.8, 4) is 0 Å². The van der Waals surface area contributed by atoms with Gasteiger partial charge in [0.1, 0.15) is 0 Å². The van der Waals surface area contributed by atoms with Crippen LogP contribution in [-0.2, 0) is 8.85 Å². The number of hydrogen-bond donors (Lipinski definition) is 0. The van der Waals surface area contributed by atoms with E-state index in [4.69, 9.17) is 32.1 Å². The maximum absolute atomic E-state index is 6.13. The summed E-state index contributed by atoms with van der Waals surface area (Å²) in [5.74, 6) is 0. The van der Waals surface area contributed by atoms with Gasteiger partial charge in [-0.1, -0.05) is 0 Å². The van der Waals surface area contributed by atoms with Crippen molar-refractivity contribution in [2.45, 2.75) is 37.6 Å². The third-order valence-electron chi connectivity index (χ3n) is 1.51. The largest absolute Gasteiger partial charge is 0.396 e. The molecule has 2 unspecified atom stereocenters. The molecule has 0 saturated heterocycles. The Kier molecular flexibility index (Phi) is 8.51. The Morgan fingerprint density at radius 3 is 1.92 bits per heavy atom. The van der Waals surface area contributed by atoms with E-state index in [9.17, 15) is 0 Å². The van der Waals surface area contributed by atoms with Crippen LogP contribution in [0.15, 0.2) is 0 Å². The van der Waals surface area contributed by atoms with Gasteiger partial charge < -0.3 is 8.85 Å². The molecule has 0 aromatic heterocycles. The molecule has 0 heterocycles. The molecule has 2 nitrogen and oxygen atoms in total. The predicted molar refractivity (Wildman–Crippen MR) is 60.0 cm³/mol. The Bertz CT molecular complexity index is 119. The van der Waals surface area contributed by atoms with Gasteiger partial charge in [0.15, 0.2) is 0 Å². The van der Waals surface area contributed by atoms with Crippen LogP contribution in [0.1, 0.15) is 27.2 Å². The molecule has 0 rings (SSSR count). The number of hydrogen-bond acceptors (Lipinski definition) is 2. The standard InChI is InChI=1S/C8H18Cl2O2Si/c1-4-11-13(12-5-2)8(10)6-7(3)9/h7-8,13H,4-6H2,1-3H3. The summed E-state index contributed by atoms with van der Waals surface area (Å²) in [6.07, 6.45) is 0.750. The van der Waals surface area contributed by atoms with Gasteiger partial charge in [-0.15, -0.1) is 23.2 Å². The van der Waals surface area contributed by atoms with Crippen LogP contribution in [0.5, 0.6) is 0 Å². The summed E-state index contributed by atoms with van der Waals surface area (Å²) >= 11 is 12.0. The quantitative estimate of drug-likeness (QED) is 0.506. The average Bonchev–Trinajstić information content (AvgIpc) is 2.02. The van der Waals surface area contributed by atoms with Crippen LogP contribution in [0, 0.1) is 0 Å².